The molecule has 1 aliphatic heterocycles. The Morgan fingerprint density at radius 3 is 2.31 bits per heavy atom. The number of benzene rings is 2. The van der Waals surface area contributed by atoms with Gasteiger partial charge in [-0.2, -0.15) is 0 Å². The number of fused-ring (bicyclic) bond motifs is 1. The molecule has 1 aromatic heterocycles. The summed E-state index contributed by atoms with van der Waals surface area (Å²) < 4.78 is 7.97. The van der Waals surface area contributed by atoms with Crippen LogP contribution in [0, 0.1) is 0 Å². The van der Waals surface area contributed by atoms with Gasteiger partial charge in [-0.1, -0.05) is 60.7 Å². The molecular formula is C25H28N2O2. The van der Waals surface area contributed by atoms with E-state index in [9.17, 15) is 4.79 Å². The van der Waals surface area contributed by atoms with Gasteiger partial charge in [0.1, 0.15) is 5.60 Å². The van der Waals surface area contributed by atoms with Gasteiger partial charge in [0.2, 0.25) is 0 Å². The van der Waals surface area contributed by atoms with Gasteiger partial charge >= 0.3 is 6.09 Å². The maximum absolute atomic E-state index is 12.7. The van der Waals surface area contributed by atoms with Crippen LogP contribution in [0.1, 0.15) is 37.6 Å². The quantitative estimate of drug-likeness (QED) is 0.594. The summed E-state index contributed by atoms with van der Waals surface area (Å²) in [5.74, 6) is 0. The Hall–Kier alpha value is -3.01. The zero-order chi connectivity index (χ0) is 20.4. The highest BCUT2D eigenvalue weighted by molar-refractivity contribution is 5.72. The summed E-state index contributed by atoms with van der Waals surface area (Å²) in [6.07, 6.45) is 2.83. The maximum Gasteiger partial charge on any atom is 0.410 e. The third-order valence-electron chi connectivity index (χ3n) is 5.20. The van der Waals surface area contributed by atoms with E-state index in [2.05, 4.69) is 59.3 Å². The molecule has 0 N–H and O–H groups in total. The minimum Gasteiger partial charge on any atom is -0.444 e. The fraction of sp³-hybridized carbons (Fsp3) is 0.320. The van der Waals surface area contributed by atoms with E-state index in [0.29, 0.717) is 13.1 Å². The van der Waals surface area contributed by atoms with E-state index < -0.39 is 5.60 Å². The van der Waals surface area contributed by atoms with Crippen LogP contribution in [0.3, 0.4) is 0 Å². The molecule has 0 saturated carbocycles. The highest BCUT2D eigenvalue weighted by atomic mass is 16.6. The lowest BCUT2D eigenvalue weighted by Crippen LogP contribution is -2.40. The summed E-state index contributed by atoms with van der Waals surface area (Å²) in [5, 5.41) is 0. The number of hydrogen-bond donors (Lipinski definition) is 0. The second-order valence-electron chi connectivity index (χ2n) is 8.60. The number of aromatic nitrogens is 1. The molecule has 0 radical (unpaired) electrons. The van der Waals surface area contributed by atoms with Gasteiger partial charge in [-0.15, -0.1) is 0 Å². The van der Waals surface area contributed by atoms with Crippen LogP contribution in [-0.2, 0) is 24.2 Å². The Labute approximate surface area is 172 Å². The van der Waals surface area contributed by atoms with Crippen molar-refractivity contribution in [3.63, 3.8) is 0 Å². The van der Waals surface area contributed by atoms with Gasteiger partial charge in [0.05, 0.1) is 6.54 Å². The molecule has 29 heavy (non-hydrogen) atoms. The van der Waals surface area contributed by atoms with Gasteiger partial charge in [-0.3, -0.25) is 0 Å². The third-order valence-corrected chi connectivity index (χ3v) is 5.20. The predicted molar refractivity (Wildman–Crippen MR) is 116 cm³/mol. The first-order chi connectivity index (χ1) is 13.9. The lowest BCUT2D eigenvalue weighted by molar-refractivity contribution is 0.0223. The molecule has 2 heterocycles. The Morgan fingerprint density at radius 1 is 1.00 bits per heavy atom. The molecule has 0 bridgehead atoms. The van der Waals surface area contributed by atoms with Crippen molar-refractivity contribution in [2.75, 3.05) is 6.54 Å². The molecule has 4 rings (SSSR count). The van der Waals surface area contributed by atoms with Crippen LogP contribution >= 0.6 is 0 Å². The zero-order valence-electron chi connectivity index (χ0n) is 17.4. The fourth-order valence-corrected chi connectivity index (χ4v) is 3.89. The van der Waals surface area contributed by atoms with E-state index in [0.717, 1.165) is 13.0 Å². The molecule has 1 amide bonds. The topological polar surface area (TPSA) is 34.5 Å². The molecule has 0 fully saturated rings. The van der Waals surface area contributed by atoms with Crippen molar-refractivity contribution in [3.05, 3.63) is 83.7 Å². The van der Waals surface area contributed by atoms with Crippen LogP contribution in [0.5, 0.6) is 0 Å². The van der Waals surface area contributed by atoms with Gasteiger partial charge in [0.25, 0.3) is 0 Å². The summed E-state index contributed by atoms with van der Waals surface area (Å²) in [4.78, 5) is 14.5. The molecule has 0 saturated heterocycles. The number of nitrogens with zero attached hydrogens (tertiary/aromatic N) is 2. The van der Waals surface area contributed by atoms with Gasteiger partial charge in [0, 0.05) is 42.5 Å². The molecule has 4 heteroatoms. The average Bonchev–Trinajstić information content (AvgIpc) is 3.06. The number of carbonyl (C=O) groups is 1. The molecule has 1 aliphatic rings. The summed E-state index contributed by atoms with van der Waals surface area (Å²) in [7, 11) is 0. The lowest BCUT2D eigenvalue weighted by Gasteiger charge is -2.31. The first kappa shape index (κ1) is 19.3. The SMILES string of the molecule is CC(C)(C)OC(=O)N1CCc2c(c(-c3ccccc3)cn2Cc2ccccc2)C1. The van der Waals surface area contributed by atoms with E-state index in [1.54, 1.807) is 0 Å². The van der Waals surface area contributed by atoms with Crippen molar-refractivity contribution in [1.29, 1.82) is 0 Å². The predicted octanol–water partition coefficient (Wildman–Crippen LogP) is 5.50. The van der Waals surface area contributed by atoms with Crippen LogP contribution in [0.25, 0.3) is 11.1 Å². The van der Waals surface area contributed by atoms with E-state index in [-0.39, 0.29) is 6.09 Å². The van der Waals surface area contributed by atoms with Gasteiger partial charge in [-0.25, -0.2) is 4.79 Å². The molecule has 0 atom stereocenters. The molecule has 0 aliphatic carbocycles. The largest absolute Gasteiger partial charge is 0.444 e. The highest BCUT2D eigenvalue weighted by Crippen LogP contribution is 2.33. The van der Waals surface area contributed by atoms with Crippen molar-refractivity contribution in [3.8, 4) is 11.1 Å². The van der Waals surface area contributed by atoms with E-state index >= 15 is 0 Å². The van der Waals surface area contributed by atoms with Crippen molar-refractivity contribution >= 4 is 6.09 Å². The lowest BCUT2D eigenvalue weighted by atomic mass is 9.99. The Morgan fingerprint density at radius 2 is 1.66 bits per heavy atom. The number of hydrogen-bond acceptors (Lipinski definition) is 2. The number of carbonyl (C=O) groups excluding carboxylic acids is 1. The van der Waals surface area contributed by atoms with Crippen LogP contribution < -0.4 is 0 Å². The fourth-order valence-electron chi connectivity index (χ4n) is 3.89. The normalized spacial score (nSPS) is 13.8. The Bertz CT molecular complexity index is 985. The van der Waals surface area contributed by atoms with Gasteiger partial charge < -0.3 is 14.2 Å². The van der Waals surface area contributed by atoms with Gasteiger partial charge in [0.15, 0.2) is 0 Å². The molecule has 4 nitrogen and oxygen atoms in total. The number of amides is 1. The monoisotopic (exact) mass is 388 g/mol. The second kappa shape index (κ2) is 7.78. The second-order valence-corrected chi connectivity index (χ2v) is 8.60. The summed E-state index contributed by atoms with van der Waals surface area (Å²) >= 11 is 0. The van der Waals surface area contributed by atoms with E-state index in [1.165, 1.54) is 27.9 Å². The van der Waals surface area contributed by atoms with E-state index in [4.69, 9.17) is 4.74 Å². The minimum atomic E-state index is -0.487. The first-order valence-corrected chi connectivity index (χ1v) is 10.2. The van der Waals surface area contributed by atoms with Crippen molar-refractivity contribution in [2.24, 2.45) is 0 Å². The molecule has 3 aromatic rings. The molecule has 0 spiro atoms. The van der Waals surface area contributed by atoms with Crippen LogP contribution in [0.2, 0.25) is 0 Å². The van der Waals surface area contributed by atoms with Crippen molar-refractivity contribution in [2.45, 2.75) is 45.9 Å². The highest BCUT2D eigenvalue weighted by Gasteiger charge is 2.29. The van der Waals surface area contributed by atoms with Crippen molar-refractivity contribution < 1.29 is 9.53 Å². The molecule has 150 valence electrons. The summed E-state index contributed by atoms with van der Waals surface area (Å²) in [6.45, 7) is 7.82. The number of rotatable bonds is 3. The van der Waals surface area contributed by atoms with Crippen LogP contribution in [-0.4, -0.2) is 27.7 Å². The molecular weight excluding hydrogens is 360 g/mol. The smallest absolute Gasteiger partial charge is 0.410 e. The molecule has 2 aromatic carbocycles. The first-order valence-electron chi connectivity index (χ1n) is 10.2. The standard InChI is InChI=1S/C25H28N2O2/c1-25(2,3)29-24(28)26-15-14-23-22(18-26)21(20-12-8-5-9-13-20)17-27(23)16-19-10-6-4-7-11-19/h4-13,17H,14-16,18H2,1-3H3. The summed E-state index contributed by atoms with van der Waals surface area (Å²) in [6, 6.07) is 20.9. The molecule has 0 unspecified atom stereocenters. The third kappa shape index (κ3) is 4.37. The Balaban J connectivity index is 1.69. The van der Waals surface area contributed by atoms with E-state index in [1.807, 2.05) is 37.8 Å². The Kier molecular flexibility index (Phi) is 5.18. The summed E-state index contributed by atoms with van der Waals surface area (Å²) in [5.41, 5.74) is 5.71. The van der Waals surface area contributed by atoms with Gasteiger partial charge in [-0.05, 0) is 31.9 Å². The van der Waals surface area contributed by atoms with Crippen LogP contribution in [0.15, 0.2) is 66.9 Å². The van der Waals surface area contributed by atoms with Crippen molar-refractivity contribution in [1.82, 2.24) is 9.47 Å². The average molecular weight is 389 g/mol. The minimum absolute atomic E-state index is 0.238. The number of ether oxygens (including phenoxy) is 1. The van der Waals surface area contributed by atoms with Crippen LogP contribution in [0.4, 0.5) is 4.79 Å². The zero-order valence-corrected chi connectivity index (χ0v) is 17.4. The maximum atomic E-state index is 12.7.